The van der Waals surface area contributed by atoms with Crippen LogP contribution in [-0.2, 0) is 4.43 Å². The quantitative estimate of drug-likeness (QED) is 0.582. The molecular weight excluding hydrogens is 288 g/mol. The average Bonchev–Trinajstić information content (AvgIpc) is 2.41. The van der Waals surface area contributed by atoms with Crippen molar-refractivity contribution in [2.45, 2.75) is 77.6 Å². The fraction of sp³-hybridized carbons (Fsp3) is 0.895. The first-order valence-corrected chi connectivity index (χ1v) is 12.0. The van der Waals surface area contributed by atoms with Crippen LogP contribution in [-0.4, -0.2) is 26.1 Å². The zero-order chi connectivity index (χ0) is 16.5. The number of hydrogen-bond donors (Lipinski definition) is 1. The maximum absolute atomic E-state index is 10.7. The summed E-state index contributed by atoms with van der Waals surface area (Å²) in [5.41, 5.74) is 0. The van der Waals surface area contributed by atoms with Crippen LogP contribution in [0.25, 0.3) is 0 Å². The molecule has 2 aliphatic carbocycles. The third-order valence-electron chi connectivity index (χ3n) is 6.55. The molecule has 0 aromatic carbocycles. The van der Waals surface area contributed by atoms with Gasteiger partial charge in [0.25, 0.3) is 0 Å². The summed E-state index contributed by atoms with van der Waals surface area (Å²) >= 11 is 0. The highest BCUT2D eigenvalue weighted by Crippen LogP contribution is 2.44. The number of hydrogen-bond acceptors (Lipinski definition) is 2. The summed E-state index contributed by atoms with van der Waals surface area (Å²) in [6.07, 6.45) is 9.28. The Labute approximate surface area is 138 Å². The summed E-state index contributed by atoms with van der Waals surface area (Å²) in [5, 5.41) is 10.9. The number of aliphatic hydroxyl groups is 1. The Morgan fingerprint density at radius 3 is 2.55 bits per heavy atom. The van der Waals surface area contributed by atoms with E-state index in [0.29, 0.717) is 23.7 Å². The molecule has 22 heavy (non-hydrogen) atoms. The first-order chi connectivity index (χ1) is 10.1. The molecule has 0 aromatic heterocycles. The highest BCUT2D eigenvalue weighted by molar-refractivity contribution is 6.74. The zero-order valence-electron chi connectivity index (χ0n) is 15.4. The van der Waals surface area contributed by atoms with E-state index in [1.807, 2.05) is 0 Å². The predicted octanol–water partition coefficient (Wildman–Crippen LogP) is 5.00. The fourth-order valence-electron chi connectivity index (χ4n) is 3.89. The topological polar surface area (TPSA) is 29.5 Å². The molecule has 0 aromatic rings. The van der Waals surface area contributed by atoms with Gasteiger partial charge in [0.05, 0.1) is 6.10 Å². The molecule has 2 rings (SSSR count). The maximum Gasteiger partial charge on any atom is 0.191 e. The third-order valence-corrected chi connectivity index (χ3v) is 11.1. The van der Waals surface area contributed by atoms with Gasteiger partial charge in [0, 0.05) is 6.61 Å². The molecule has 2 aliphatic rings. The van der Waals surface area contributed by atoms with Crippen molar-refractivity contribution in [1.82, 2.24) is 0 Å². The minimum absolute atomic E-state index is 0.124. The molecule has 0 radical (unpaired) electrons. The van der Waals surface area contributed by atoms with E-state index in [0.717, 1.165) is 19.4 Å². The van der Waals surface area contributed by atoms with Gasteiger partial charge in [0.2, 0.25) is 0 Å². The fourth-order valence-corrected chi connectivity index (χ4v) is 4.95. The molecule has 0 heterocycles. The van der Waals surface area contributed by atoms with Crippen LogP contribution >= 0.6 is 0 Å². The van der Waals surface area contributed by atoms with Crippen LogP contribution in [0.15, 0.2) is 12.2 Å². The van der Waals surface area contributed by atoms with E-state index in [4.69, 9.17) is 4.43 Å². The van der Waals surface area contributed by atoms with E-state index in [1.165, 1.54) is 12.8 Å². The molecule has 2 nitrogen and oxygen atoms in total. The van der Waals surface area contributed by atoms with Crippen molar-refractivity contribution < 1.29 is 9.53 Å². The Balaban J connectivity index is 1.94. The molecule has 1 N–H and O–H groups in total. The Morgan fingerprint density at radius 2 is 1.91 bits per heavy atom. The highest BCUT2D eigenvalue weighted by atomic mass is 28.4. The van der Waals surface area contributed by atoms with E-state index in [2.05, 4.69) is 52.9 Å². The zero-order valence-corrected chi connectivity index (χ0v) is 16.4. The number of fused-ring (bicyclic) bond motifs is 1. The molecule has 0 amide bonds. The van der Waals surface area contributed by atoms with Gasteiger partial charge in [0.1, 0.15) is 0 Å². The SMILES string of the molecule is C[C@H]1CC[C@H]2CC=C[C@@H](CCO[Si](C)(C)C(C)(C)C)[C@@H]2[C@H]1O. The van der Waals surface area contributed by atoms with Crippen LogP contribution in [0.1, 0.15) is 53.4 Å². The van der Waals surface area contributed by atoms with Gasteiger partial charge in [-0.05, 0) is 67.5 Å². The van der Waals surface area contributed by atoms with Gasteiger partial charge in [0.15, 0.2) is 8.32 Å². The lowest BCUT2D eigenvalue weighted by Gasteiger charge is -2.45. The van der Waals surface area contributed by atoms with E-state index < -0.39 is 8.32 Å². The Bertz CT molecular complexity index is 397. The van der Waals surface area contributed by atoms with E-state index in [9.17, 15) is 5.11 Å². The molecule has 0 spiro atoms. The third kappa shape index (κ3) is 3.85. The molecule has 0 unspecified atom stereocenters. The molecule has 0 bridgehead atoms. The lowest BCUT2D eigenvalue weighted by atomic mass is 9.63. The summed E-state index contributed by atoms with van der Waals surface area (Å²) in [5.74, 6) is 2.10. The van der Waals surface area contributed by atoms with E-state index in [-0.39, 0.29) is 11.1 Å². The van der Waals surface area contributed by atoms with Gasteiger partial charge in [-0.2, -0.15) is 0 Å². The predicted molar refractivity (Wildman–Crippen MR) is 96.4 cm³/mol. The van der Waals surface area contributed by atoms with Gasteiger partial charge < -0.3 is 9.53 Å². The molecule has 0 aliphatic heterocycles. The first kappa shape index (κ1) is 18.2. The van der Waals surface area contributed by atoms with Crippen molar-refractivity contribution in [2.75, 3.05) is 6.61 Å². The van der Waals surface area contributed by atoms with Crippen LogP contribution in [0.5, 0.6) is 0 Å². The lowest BCUT2D eigenvalue weighted by Crippen LogP contribution is -2.44. The summed E-state index contributed by atoms with van der Waals surface area (Å²) in [4.78, 5) is 0. The normalized spacial score (nSPS) is 36.2. The Hall–Kier alpha value is -0.123. The standard InChI is InChI=1S/C19H36O2Si/c1-14-10-11-15-8-7-9-16(17(15)18(14)20)12-13-21-22(5,6)19(2,3)4/h7,9,14-18,20H,8,10-13H2,1-6H3/t14-,15+,16-,17+,18-/m0/s1. The second kappa shape index (κ2) is 6.78. The largest absolute Gasteiger partial charge is 0.417 e. The van der Waals surface area contributed by atoms with Crippen LogP contribution in [0.4, 0.5) is 0 Å². The highest BCUT2D eigenvalue weighted by Gasteiger charge is 2.42. The summed E-state index contributed by atoms with van der Waals surface area (Å²) in [7, 11) is -1.65. The van der Waals surface area contributed by atoms with Crippen LogP contribution in [0.2, 0.25) is 18.1 Å². The van der Waals surface area contributed by atoms with Crippen molar-refractivity contribution in [3.8, 4) is 0 Å². The van der Waals surface area contributed by atoms with Crippen LogP contribution < -0.4 is 0 Å². The number of allylic oxidation sites excluding steroid dienone is 2. The van der Waals surface area contributed by atoms with Crippen molar-refractivity contribution in [2.24, 2.45) is 23.7 Å². The molecule has 1 saturated carbocycles. The van der Waals surface area contributed by atoms with Crippen molar-refractivity contribution in [3.05, 3.63) is 12.2 Å². The van der Waals surface area contributed by atoms with Gasteiger partial charge >= 0.3 is 0 Å². The Kier molecular flexibility index (Phi) is 5.62. The second-order valence-electron chi connectivity index (χ2n) is 9.11. The second-order valence-corrected chi connectivity index (χ2v) is 13.9. The lowest BCUT2D eigenvalue weighted by molar-refractivity contribution is -0.0336. The van der Waals surface area contributed by atoms with Gasteiger partial charge in [-0.1, -0.05) is 39.8 Å². The van der Waals surface area contributed by atoms with Crippen molar-refractivity contribution >= 4 is 8.32 Å². The number of rotatable bonds is 4. The molecule has 1 fully saturated rings. The minimum atomic E-state index is -1.65. The molecule has 128 valence electrons. The Morgan fingerprint density at radius 1 is 1.23 bits per heavy atom. The first-order valence-electron chi connectivity index (χ1n) is 9.12. The van der Waals surface area contributed by atoms with E-state index in [1.54, 1.807) is 0 Å². The van der Waals surface area contributed by atoms with Crippen LogP contribution in [0.3, 0.4) is 0 Å². The molecular formula is C19H36O2Si. The average molecular weight is 325 g/mol. The number of aliphatic hydroxyl groups excluding tert-OH is 1. The molecule has 3 heteroatoms. The van der Waals surface area contributed by atoms with Crippen molar-refractivity contribution in [1.29, 1.82) is 0 Å². The smallest absolute Gasteiger partial charge is 0.191 e. The van der Waals surface area contributed by atoms with E-state index >= 15 is 0 Å². The minimum Gasteiger partial charge on any atom is -0.417 e. The summed E-state index contributed by atoms with van der Waals surface area (Å²) in [6, 6.07) is 0. The monoisotopic (exact) mass is 324 g/mol. The van der Waals surface area contributed by atoms with Gasteiger partial charge in [-0.3, -0.25) is 0 Å². The maximum atomic E-state index is 10.7. The van der Waals surface area contributed by atoms with Crippen LogP contribution in [0, 0.1) is 23.7 Å². The molecule has 5 atom stereocenters. The van der Waals surface area contributed by atoms with Gasteiger partial charge in [-0.25, -0.2) is 0 Å². The molecule has 0 saturated heterocycles. The van der Waals surface area contributed by atoms with Crippen molar-refractivity contribution in [3.63, 3.8) is 0 Å². The summed E-state index contributed by atoms with van der Waals surface area (Å²) < 4.78 is 6.36. The summed E-state index contributed by atoms with van der Waals surface area (Å²) in [6.45, 7) is 14.6. The van der Waals surface area contributed by atoms with Gasteiger partial charge in [-0.15, -0.1) is 0 Å².